The highest BCUT2D eigenvalue weighted by atomic mass is 15.2. The molecule has 0 bridgehead atoms. The molecule has 33 heavy (non-hydrogen) atoms. The van der Waals surface area contributed by atoms with Crippen LogP contribution in [0, 0.1) is 6.92 Å². The molecule has 0 amide bonds. The van der Waals surface area contributed by atoms with Gasteiger partial charge in [0.1, 0.15) is 5.82 Å². The first-order valence-corrected chi connectivity index (χ1v) is 11.4. The second-order valence-electron chi connectivity index (χ2n) is 8.66. The molecule has 172 valence electrons. The third kappa shape index (κ3) is 5.31. The normalized spacial score (nSPS) is 14.4. The van der Waals surface area contributed by atoms with Gasteiger partial charge in [-0.05, 0) is 71.1 Å². The number of nitrogens with one attached hydrogen (secondary N) is 1. The molecule has 0 spiro atoms. The molecule has 0 atom stereocenters. The molecule has 0 radical (unpaired) electrons. The van der Waals surface area contributed by atoms with Crippen LogP contribution in [0.5, 0.6) is 0 Å². The third-order valence-electron chi connectivity index (χ3n) is 5.93. The van der Waals surface area contributed by atoms with Crippen molar-refractivity contribution in [3.63, 3.8) is 0 Å². The van der Waals surface area contributed by atoms with E-state index in [1.165, 1.54) is 5.70 Å². The van der Waals surface area contributed by atoms with E-state index >= 15 is 0 Å². The zero-order chi connectivity index (χ0) is 23.4. The fraction of sp³-hybridized carbons (Fsp3) is 0.346. The number of likely N-dealkylation sites (N-methyl/N-ethyl adjacent to an activating group) is 2. The first-order valence-electron chi connectivity index (χ1n) is 11.4. The van der Waals surface area contributed by atoms with Crippen LogP contribution in [0.2, 0.25) is 0 Å². The Morgan fingerprint density at radius 2 is 2.00 bits per heavy atom. The summed E-state index contributed by atoms with van der Waals surface area (Å²) in [5.74, 6) is 0.851. The number of allylic oxidation sites excluding steroid dienone is 4. The van der Waals surface area contributed by atoms with Gasteiger partial charge in [0.15, 0.2) is 5.65 Å². The molecule has 1 aliphatic rings. The van der Waals surface area contributed by atoms with Crippen molar-refractivity contribution in [3.8, 4) is 0 Å². The highest BCUT2D eigenvalue weighted by molar-refractivity contribution is 5.79. The Balaban J connectivity index is 1.51. The zero-order valence-corrected chi connectivity index (χ0v) is 20.2. The molecule has 0 fully saturated rings. The predicted molar refractivity (Wildman–Crippen MR) is 135 cm³/mol. The second kappa shape index (κ2) is 10.0. The monoisotopic (exact) mass is 443 g/mol. The lowest BCUT2D eigenvalue weighted by molar-refractivity contribution is 0.319. The lowest BCUT2D eigenvalue weighted by Crippen LogP contribution is -2.29. The summed E-state index contributed by atoms with van der Waals surface area (Å²) >= 11 is 0. The summed E-state index contributed by atoms with van der Waals surface area (Å²) in [5.41, 5.74) is 7.29. The molecule has 1 N–H and O–H groups in total. The minimum atomic E-state index is 0.837. The SMILES string of the molecule is C/C=C(/c1ccc2nccn2n1)c1ccc(NC2=CCCC(N(C)CCN(C)C)=C2)nc1C. The van der Waals surface area contributed by atoms with Crippen LogP contribution in [-0.4, -0.2) is 63.6 Å². The average Bonchev–Trinajstić information content (AvgIpc) is 3.27. The van der Waals surface area contributed by atoms with E-state index in [-0.39, 0.29) is 0 Å². The largest absolute Gasteiger partial charge is 0.377 e. The molecule has 0 aliphatic heterocycles. The van der Waals surface area contributed by atoms with Gasteiger partial charge < -0.3 is 15.1 Å². The van der Waals surface area contributed by atoms with Gasteiger partial charge >= 0.3 is 0 Å². The number of aryl methyl sites for hydroxylation is 1. The third-order valence-corrected chi connectivity index (χ3v) is 5.93. The number of hydrogen-bond donors (Lipinski definition) is 1. The average molecular weight is 444 g/mol. The lowest BCUT2D eigenvalue weighted by atomic mass is 10.0. The Labute approximate surface area is 196 Å². The molecule has 0 aromatic carbocycles. The molecule has 7 heteroatoms. The zero-order valence-electron chi connectivity index (χ0n) is 20.2. The number of aromatic nitrogens is 4. The van der Waals surface area contributed by atoms with Gasteiger partial charge in [0.05, 0.1) is 5.69 Å². The number of fused-ring (bicyclic) bond motifs is 1. The van der Waals surface area contributed by atoms with Crippen molar-refractivity contribution in [1.82, 2.24) is 29.4 Å². The molecular formula is C26H33N7. The maximum absolute atomic E-state index is 4.85. The van der Waals surface area contributed by atoms with E-state index in [1.54, 1.807) is 10.7 Å². The fourth-order valence-electron chi connectivity index (χ4n) is 4.03. The minimum Gasteiger partial charge on any atom is -0.377 e. The van der Waals surface area contributed by atoms with E-state index in [4.69, 9.17) is 10.1 Å². The Morgan fingerprint density at radius 1 is 1.15 bits per heavy atom. The molecular weight excluding hydrogens is 410 g/mol. The Bertz CT molecular complexity index is 1220. The van der Waals surface area contributed by atoms with Crippen LogP contribution in [0.4, 0.5) is 5.82 Å². The van der Waals surface area contributed by atoms with Gasteiger partial charge in [-0.25, -0.2) is 14.5 Å². The number of pyridine rings is 1. The van der Waals surface area contributed by atoms with Crippen LogP contribution in [0.3, 0.4) is 0 Å². The number of rotatable bonds is 8. The van der Waals surface area contributed by atoms with Crippen molar-refractivity contribution in [3.05, 3.63) is 83.2 Å². The van der Waals surface area contributed by atoms with Crippen LogP contribution < -0.4 is 5.32 Å². The number of imidazole rings is 1. The smallest absolute Gasteiger partial charge is 0.153 e. The Kier molecular flexibility index (Phi) is 6.89. The summed E-state index contributed by atoms with van der Waals surface area (Å²) in [6, 6.07) is 8.16. The van der Waals surface area contributed by atoms with Crippen LogP contribution >= 0.6 is 0 Å². The molecule has 3 aromatic rings. The first-order chi connectivity index (χ1) is 15.9. The highest BCUT2D eigenvalue weighted by Crippen LogP contribution is 2.27. The van der Waals surface area contributed by atoms with Crippen molar-refractivity contribution < 1.29 is 0 Å². The minimum absolute atomic E-state index is 0.837. The maximum Gasteiger partial charge on any atom is 0.153 e. The van der Waals surface area contributed by atoms with Gasteiger partial charge in [-0.3, -0.25) is 0 Å². The molecule has 0 saturated carbocycles. The molecule has 0 saturated heterocycles. The summed E-state index contributed by atoms with van der Waals surface area (Å²) in [4.78, 5) is 13.7. The predicted octanol–water partition coefficient (Wildman–Crippen LogP) is 4.35. The quantitative estimate of drug-likeness (QED) is 0.558. The van der Waals surface area contributed by atoms with Gasteiger partial charge in [-0.15, -0.1) is 0 Å². The van der Waals surface area contributed by atoms with Gasteiger partial charge in [0.25, 0.3) is 0 Å². The van der Waals surface area contributed by atoms with Crippen LogP contribution in [0.1, 0.15) is 36.7 Å². The van der Waals surface area contributed by atoms with Gasteiger partial charge in [0, 0.05) is 60.8 Å². The molecule has 4 rings (SSSR count). The van der Waals surface area contributed by atoms with Crippen LogP contribution in [-0.2, 0) is 0 Å². The van der Waals surface area contributed by atoms with E-state index in [0.717, 1.165) is 65.6 Å². The molecule has 7 nitrogen and oxygen atoms in total. The lowest BCUT2D eigenvalue weighted by Gasteiger charge is -2.27. The summed E-state index contributed by atoms with van der Waals surface area (Å²) in [6.07, 6.45) is 12.3. The van der Waals surface area contributed by atoms with Crippen molar-refractivity contribution in [2.45, 2.75) is 26.7 Å². The van der Waals surface area contributed by atoms with E-state index in [9.17, 15) is 0 Å². The molecule has 1 aliphatic carbocycles. The standard InChI is InChI=1S/C26H33N7/c1-6-22(24-11-13-26-27-14-15-33(26)30-24)23-10-12-25(28-19(23)2)29-20-8-7-9-21(18-20)32(5)17-16-31(3)4/h6,8,10-15,18H,7,9,16-17H2,1-5H3,(H,28,29)/b22-6+. The van der Waals surface area contributed by atoms with Gasteiger partial charge in [0.2, 0.25) is 0 Å². The number of nitrogens with zero attached hydrogens (tertiary/aromatic N) is 6. The van der Waals surface area contributed by atoms with Crippen LogP contribution in [0.15, 0.2) is 66.3 Å². The van der Waals surface area contributed by atoms with E-state index in [1.807, 2.05) is 38.2 Å². The van der Waals surface area contributed by atoms with E-state index < -0.39 is 0 Å². The summed E-state index contributed by atoms with van der Waals surface area (Å²) in [7, 11) is 6.39. The molecule has 0 unspecified atom stereocenters. The van der Waals surface area contributed by atoms with Gasteiger partial charge in [-0.1, -0.05) is 12.2 Å². The Hall–Kier alpha value is -3.45. The van der Waals surface area contributed by atoms with E-state index in [2.05, 4.69) is 65.5 Å². The van der Waals surface area contributed by atoms with Crippen molar-refractivity contribution in [1.29, 1.82) is 0 Å². The van der Waals surface area contributed by atoms with Crippen LogP contribution in [0.25, 0.3) is 11.2 Å². The summed E-state index contributed by atoms with van der Waals surface area (Å²) < 4.78 is 1.80. The summed E-state index contributed by atoms with van der Waals surface area (Å²) in [5, 5.41) is 8.21. The van der Waals surface area contributed by atoms with Crippen molar-refractivity contribution in [2.75, 3.05) is 39.5 Å². The summed E-state index contributed by atoms with van der Waals surface area (Å²) in [6.45, 7) is 6.14. The van der Waals surface area contributed by atoms with Crippen molar-refractivity contribution in [2.24, 2.45) is 0 Å². The van der Waals surface area contributed by atoms with E-state index in [0.29, 0.717) is 0 Å². The molecule has 3 aromatic heterocycles. The first kappa shape index (κ1) is 22.7. The fourth-order valence-corrected chi connectivity index (χ4v) is 4.03. The maximum atomic E-state index is 4.85. The topological polar surface area (TPSA) is 61.6 Å². The second-order valence-corrected chi connectivity index (χ2v) is 8.66. The van der Waals surface area contributed by atoms with Crippen molar-refractivity contribution >= 4 is 17.0 Å². The highest BCUT2D eigenvalue weighted by Gasteiger charge is 2.14. The number of anilines is 1. The Morgan fingerprint density at radius 3 is 2.76 bits per heavy atom. The molecule has 3 heterocycles. The number of hydrogen-bond acceptors (Lipinski definition) is 6. The van der Waals surface area contributed by atoms with Gasteiger partial charge in [-0.2, -0.15) is 5.10 Å².